The van der Waals surface area contributed by atoms with Gasteiger partial charge in [0.15, 0.2) is 6.10 Å². The van der Waals surface area contributed by atoms with Crippen molar-refractivity contribution in [3.05, 3.63) is 72.3 Å². The highest BCUT2D eigenvalue weighted by Crippen LogP contribution is 2.38. The molecule has 2 heterocycles. The predicted octanol–water partition coefficient (Wildman–Crippen LogP) is 4.59. The molecule has 1 fully saturated rings. The Hall–Kier alpha value is -3.72. The van der Waals surface area contributed by atoms with Crippen LogP contribution in [0.15, 0.2) is 71.6 Å². The molecule has 0 saturated carbocycles. The normalized spacial score (nSPS) is 17.5. The molecule has 1 saturated heterocycles. The molecule has 9 heteroatoms. The lowest BCUT2D eigenvalue weighted by Gasteiger charge is -2.35. The maximum Gasteiger partial charge on any atom is 0.267 e. The van der Waals surface area contributed by atoms with E-state index >= 15 is 0 Å². The molecule has 2 aliphatic heterocycles. The van der Waals surface area contributed by atoms with Crippen molar-refractivity contribution in [2.24, 2.45) is 0 Å². The fourth-order valence-electron chi connectivity index (χ4n) is 4.73. The number of piperidine rings is 1. The molecule has 194 valence electrons. The van der Waals surface area contributed by atoms with Gasteiger partial charge in [-0.25, -0.2) is 8.42 Å². The smallest absolute Gasteiger partial charge is 0.267 e. The minimum atomic E-state index is -3.96. The minimum Gasteiger partial charge on any atom is -0.497 e. The third-order valence-corrected chi connectivity index (χ3v) is 8.57. The highest BCUT2D eigenvalue weighted by molar-refractivity contribution is 7.92. The Bertz CT molecular complexity index is 1370. The van der Waals surface area contributed by atoms with Gasteiger partial charge in [0.2, 0.25) is 0 Å². The first kappa shape index (κ1) is 25.0. The summed E-state index contributed by atoms with van der Waals surface area (Å²) >= 11 is 0. The largest absolute Gasteiger partial charge is 0.497 e. The van der Waals surface area contributed by atoms with Gasteiger partial charge in [0.05, 0.1) is 24.2 Å². The van der Waals surface area contributed by atoms with E-state index in [9.17, 15) is 13.2 Å². The maximum absolute atomic E-state index is 13.6. The Kier molecular flexibility index (Phi) is 6.97. The van der Waals surface area contributed by atoms with Gasteiger partial charge in [0.25, 0.3) is 15.9 Å². The third kappa shape index (κ3) is 5.22. The number of anilines is 3. The van der Waals surface area contributed by atoms with E-state index in [1.54, 1.807) is 24.3 Å². The maximum atomic E-state index is 13.6. The summed E-state index contributed by atoms with van der Waals surface area (Å²) in [6.45, 7) is 3.82. The number of nitrogens with zero attached hydrogens (tertiary/aromatic N) is 2. The highest BCUT2D eigenvalue weighted by atomic mass is 32.2. The van der Waals surface area contributed by atoms with E-state index in [-0.39, 0.29) is 11.4 Å². The Morgan fingerprint density at radius 2 is 1.68 bits per heavy atom. The Morgan fingerprint density at radius 3 is 2.35 bits per heavy atom. The number of nitrogens with one attached hydrogen (secondary N) is 1. The zero-order valence-electron chi connectivity index (χ0n) is 21.0. The number of carbonyl (C=O) groups is 1. The van der Waals surface area contributed by atoms with Crippen LogP contribution in [0.4, 0.5) is 17.1 Å². The molecule has 0 aliphatic carbocycles. The number of ether oxygens (including phenoxy) is 2. The standard InChI is InChI=1S/C28H31N3O5S/c1-20-6-15-25-26(18-20)36-27(19-31(25)37(33,34)24-13-11-23(35-2)12-14-24)28(32)29-21-7-9-22(10-8-21)30-16-4-3-5-17-30/h6-15,18,27H,3-5,16-17,19H2,1-2H3,(H,29,32)/t27-/m1/s1. The zero-order valence-corrected chi connectivity index (χ0v) is 21.8. The molecular weight excluding hydrogens is 490 g/mol. The summed E-state index contributed by atoms with van der Waals surface area (Å²) in [5.41, 5.74) is 3.06. The summed E-state index contributed by atoms with van der Waals surface area (Å²) < 4.78 is 39.7. The van der Waals surface area contributed by atoms with E-state index in [1.807, 2.05) is 37.3 Å². The predicted molar refractivity (Wildman–Crippen MR) is 144 cm³/mol. The van der Waals surface area contributed by atoms with Crippen molar-refractivity contribution in [2.45, 2.75) is 37.2 Å². The van der Waals surface area contributed by atoms with Gasteiger partial charge in [-0.2, -0.15) is 0 Å². The van der Waals surface area contributed by atoms with Crippen LogP contribution in [0.5, 0.6) is 11.5 Å². The minimum absolute atomic E-state index is 0.106. The molecule has 0 aromatic heterocycles. The number of sulfonamides is 1. The van der Waals surface area contributed by atoms with Gasteiger partial charge in [-0.1, -0.05) is 6.07 Å². The average molecular weight is 522 g/mol. The van der Waals surface area contributed by atoms with Crippen molar-refractivity contribution in [3.8, 4) is 11.5 Å². The molecule has 1 amide bonds. The molecule has 1 atom stereocenters. The van der Waals surface area contributed by atoms with E-state index in [0.29, 0.717) is 22.9 Å². The molecule has 0 bridgehead atoms. The monoisotopic (exact) mass is 521 g/mol. The molecule has 37 heavy (non-hydrogen) atoms. The summed E-state index contributed by atoms with van der Waals surface area (Å²) in [5.74, 6) is 0.497. The number of benzene rings is 3. The van der Waals surface area contributed by atoms with E-state index in [2.05, 4.69) is 10.2 Å². The van der Waals surface area contributed by atoms with Crippen molar-refractivity contribution >= 4 is 33.0 Å². The van der Waals surface area contributed by atoms with Crippen LogP contribution in [0.3, 0.4) is 0 Å². The van der Waals surface area contributed by atoms with Crippen LogP contribution >= 0.6 is 0 Å². The quantitative estimate of drug-likeness (QED) is 0.511. The first-order chi connectivity index (χ1) is 17.8. The molecule has 0 spiro atoms. The molecular formula is C28H31N3O5S. The Balaban J connectivity index is 1.38. The summed E-state index contributed by atoms with van der Waals surface area (Å²) in [6.07, 6.45) is 2.62. The van der Waals surface area contributed by atoms with Gasteiger partial charge in [-0.3, -0.25) is 9.10 Å². The molecule has 3 aromatic rings. The first-order valence-corrected chi connectivity index (χ1v) is 13.9. The van der Waals surface area contributed by atoms with Crippen LogP contribution in [-0.2, 0) is 14.8 Å². The SMILES string of the molecule is COc1ccc(S(=O)(=O)N2C[C@H](C(=O)Nc3ccc(N4CCCCC4)cc3)Oc3cc(C)ccc32)cc1. The molecule has 1 N–H and O–H groups in total. The van der Waals surface area contributed by atoms with Crippen molar-refractivity contribution in [1.29, 1.82) is 0 Å². The zero-order chi connectivity index (χ0) is 26.0. The van der Waals surface area contributed by atoms with Crippen LogP contribution in [0.1, 0.15) is 24.8 Å². The molecule has 5 rings (SSSR count). The van der Waals surface area contributed by atoms with Gasteiger partial charge in [0, 0.05) is 24.5 Å². The fraction of sp³-hybridized carbons (Fsp3) is 0.321. The summed E-state index contributed by atoms with van der Waals surface area (Å²) in [5, 5.41) is 2.89. The van der Waals surface area contributed by atoms with E-state index in [4.69, 9.17) is 9.47 Å². The van der Waals surface area contributed by atoms with Crippen LogP contribution in [0.25, 0.3) is 0 Å². The van der Waals surface area contributed by atoms with Crippen molar-refractivity contribution in [3.63, 3.8) is 0 Å². The molecule has 0 unspecified atom stereocenters. The third-order valence-electron chi connectivity index (χ3n) is 6.78. The Labute approximate surface area is 217 Å². The van der Waals surface area contributed by atoms with Gasteiger partial charge < -0.3 is 19.7 Å². The summed E-state index contributed by atoms with van der Waals surface area (Å²) in [7, 11) is -2.44. The molecule has 2 aliphatic rings. The van der Waals surface area contributed by atoms with Gasteiger partial charge in [0.1, 0.15) is 11.5 Å². The van der Waals surface area contributed by atoms with E-state index in [1.165, 1.54) is 42.8 Å². The van der Waals surface area contributed by atoms with Crippen LogP contribution in [0, 0.1) is 6.92 Å². The van der Waals surface area contributed by atoms with Crippen LogP contribution < -0.4 is 24.0 Å². The van der Waals surface area contributed by atoms with E-state index in [0.717, 1.165) is 24.3 Å². The first-order valence-electron chi connectivity index (χ1n) is 12.4. The second-order valence-corrected chi connectivity index (χ2v) is 11.2. The highest BCUT2D eigenvalue weighted by Gasteiger charge is 2.37. The topological polar surface area (TPSA) is 88.2 Å². The average Bonchev–Trinajstić information content (AvgIpc) is 2.93. The number of hydrogen-bond acceptors (Lipinski definition) is 6. The van der Waals surface area contributed by atoms with Crippen molar-refractivity contribution < 1.29 is 22.7 Å². The molecule has 3 aromatic carbocycles. The number of hydrogen-bond donors (Lipinski definition) is 1. The number of amides is 1. The fourth-order valence-corrected chi connectivity index (χ4v) is 6.21. The van der Waals surface area contributed by atoms with Gasteiger partial charge in [-0.15, -0.1) is 0 Å². The lowest BCUT2D eigenvalue weighted by molar-refractivity contribution is -0.122. The Morgan fingerprint density at radius 1 is 0.973 bits per heavy atom. The van der Waals surface area contributed by atoms with Crippen LogP contribution in [0.2, 0.25) is 0 Å². The summed E-state index contributed by atoms with van der Waals surface area (Å²) in [6, 6.07) is 19.2. The number of fused-ring (bicyclic) bond motifs is 1. The second-order valence-electron chi connectivity index (χ2n) is 9.37. The van der Waals surface area contributed by atoms with Crippen LogP contribution in [-0.4, -0.2) is 47.2 Å². The number of aryl methyl sites for hydroxylation is 1. The number of rotatable bonds is 6. The number of methoxy groups -OCH3 is 1. The molecule has 8 nitrogen and oxygen atoms in total. The van der Waals surface area contributed by atoms with Crippen molar-refractivity contribution in [2.75, 3.05) is 41.3 Å². The molecule has 0 radical (unpaired) electrons. The van der Waals surface area contributed by atoms with Crippen molar-refractivity contribution in [1.82, 2.24) is 0 Å². The summed E-state index contributed by atoms with van der Waals surface area (Å²) in [4.78, 5) is 15.7. The van der Waals surface area contributed by atoms with Gasteiger partial charge >= 0.3 is 0 Å². The lowest BCUT2D eigenvalue weighted by Crippen LogP contribution is -2.48. The van der Waals surface area contributed by atoms with Gasteiger partial charge in [-0.05, 0) is 92.4 Å². The second kappa shape index (κ2) is 10.3. The lowest BCUT2D eigenvalue weighted by atomic mass is 10.1. The van der Waals surface area contributed by atoms with E-state index < -0.39 is 22.0 Å². The number of carbonyl (C=O) groups excluding carboxylic acids is 1.